The van der Waals surface area contributed by atoms with Gasteiger partial charge < -0.3 is 24.4 Å². The lowest BCUT2D eigenvalue weighted by Crippen LogP contribution is -2.58. The third-order valence-electron chi connectivity index (χ3n) is 6.99. The van der Waals surface area contributed by atoms with Crippen LogP contribution in [0.3, 0.4) is 0 Å². The Bertz CT molecular complexity index is 1350. The third kappa shape index (κ3) is 11.6. The number of carboxylic acids is 1. The van der Waals surface area contributed by atoms with Crippen LogP contribution in [0, 0.1) is 0 Å². The number of benzene rings is 3. The second-order valence-electron chi connectivity index (χ2n) is 10.7. The molecule has 0 saturated carbocycles. The predicted octanol–water partition coefficient (Wildman–Crippen LogP) is 9.77. The summed E-state index contributed by atoms with van der Waals surface area (Å²) in [5, 5.41) is 19.4. The number of fused-ring (bicyclic) bond motifs is 1. The topological polar surface area (TPSA) is 85.2 Å². The molecule has 3 aromatic rings. The molecule has 2 N–H and O–H groups in total. The molecule has 0 spiro atoms. The molecule has 0 amide bonds. The third-order valence-corrected chi connectivity index (χ3v) is 6.99. The van der Waals surface area contributed by atoms with E-state index in [-0.39, 0.29) is 23.7 Å². The Labute approximate surface area is 265 Å². The van der Waals surface area contributed by atoms with Gasteiger partial charge in [-0.2, -0.15) is 26.3 Å². The summed E-state index contributed by atoms with van der Waals surface area (Å²) in [4.78, 5) is 11.0. The average molecular weight is 661 g/mol. The smallest absolute Gasteiger partial charge is 0.377 e. The van der Waals surface area contributed by atoms with Gasteiger partial charge in [-0.25, -0.2) is 4.79 Å². The van der Waals surface area contributed by atoms with E-state index in [0.717, 1.165) is 12.8 Å². The molecule has 12 heteroatoms. The number of hydrogen-bond acceptors (Lipinski definition) is 5. The second kappa shape index (κ2) is 18.5. The molecule has 256 valence electrons. The van der Waals surface area contributed by atoms with Crippen molar-refractivity contribution in [2.75, 3.05) is 26.4 Å². The van der Waals surface area contributed by atoms with Gasteiger partial charge in [0.2, 0.25) is 0 Å². The maximum absolute atomic E-state index is 13.7. The van der Waals surface area contributed by atoms with Gasteiger partial charge in [-0.05, 0) is 60.5 Å². The minimum atomic E-state index is -5.65. The van der Waals surface area contributed by atoms with Gasteiger partial charge in [-0.1, -0.05) is 76.1 Å². The molecule has 0 saturated heterocycles. The summed E-state index contributed by atoms with van der Waals surface area (Å²) in [7, 11) is 0. The Morgan fingerprint density at radius 1 is 0.717 bits per heavy atom. The van der Waals surface area contributed by atoms with E-state index in [4.69, 9.17) is 9.84 Å². The number of phenolic OH excluding ortho intramolecular Hbond substituents is 1. The fraction of sp³-hybridized carbons (Fsp3) is 0.500. The molecule has 0 heterocycles. The molecule has 6 nitrogen and oxygen atoms in total. The van der Waals surface area contributed by atoms with Crippen LogP contribution < -0.4 is 9.47 Å². The first-order valence-electron chi connectivity index (χ1n) is 15.3. The second-order valence-corrected chi connectivity index (χ2v) is 10.7. The minimum absolute atomic E-state index is 0.0196. The highest BCUT2D eigenvalue weighted by molar-refractivity contribution is 5.90. The summed E-state index contributed by atoms with van der Waals surface area (Å²) in [5.74, 6) is -16.5. The largest absolute Gasteiger partial charge is 0.508 e. The molecule has 0 bridgehead atoms. The molecule has 0 fully saturated rings. The van der Waals surface area contributed by atoms with Crippen LogP contribution in [0.5, 0.6) is 17.2 Å². The summed E-state index contributed by atoms with van der Waals surface area (Å²) in [6.45, 7) is 0.0117. The lowest BCUT2D eigenvalue weighted by atomic mass is 10.1. The van der Waals surface area contributed by atoms with E-state index in [2.05, 4.69) is 16.4 Å². The zero-order valence-electron chi connectivity index (χ0n) is 26.1. The molecular weight excluding hydrogens is 618 g/mol. The SMILES string of the molecule is CCCCCCCCCCOc1ccccc1C(=O)O.CCOCC(F)(F)C(F)(F)C(F)(F)COc1ccc2cc(O)ccc2c1. The molecule has 3 aromatic carbocycles. The van der Waals surface area contributed by atoms with Gasteiger partial charge in [0, 0.05) is 6.61 Å². The number of halogens is 6. The molecule has 0 radical (unpaired) electrons. The molecule has 0 aliphatic carbocycles. The van der Waals surface area contributed by atoms with Gasteiger partial charge in [0.05, 0.1) is 6.61 Å². The first-order chi connectivity index (χ1) is 21.8. The monoisotopic (exact) mass is 660 g/mol. The van der Waals surface area contributed by atoms with Crippen molar-refractivity contribution in [3.8, 4) is 17.2 Å². The molecule has 0 aromatic heterocycles. The average Bonchev–Trinajstić information content (AvgIpc) is 3.02. The minimum Gasteiger partial charge on any atom is -0.508 e. The number of rotatable bonds is 19. The summed E-state index contributed by atoms with van der Waals surface area (Å²) >= 11 is 0. The highest BCUT2D eigenvalue weighted by atomic mass is 19.3. The van der Waals surface area contributed by atoms with Crippen LogP contribution in [0.15, 0.2) is 60.7 Å². The number of alkyl halides is 6. The molecule has 0 unspecified atom stereocenters. The Morgan fingerprint density at radius 3 is 1.96 bits per heavy atom. The Hall–Kier alpha value is -3.67. The van der Waals surface area contributed by atoms with Crippen LogP contribution in [-0.4, -0.2) is 60.4 Å². The van der Waals surface area contributed by atoms with Crippen molar-refractivity contribution in [2.45, 2.75) is 83.0 Å². The van der Waals surface area contributed by atoms with Gasteiger partial charge in [-0.15, -0.1) is 0 Å². The van der Waals surface area contributed by atoms with Gasteiger partial charge in [-0.3, -0.25) is 0 Å². The number of aromatic hydroxyl groups is 1. The van der Waals surface area contributed by atoms with E-state index >= 15 is 0 Å². The van der Waals surface area contributed by atoms with Crippen LogP contribution in [0.4, 0.5) is 26.3 Å². The van der Waals surface area contributed by atoms with Crippen LogP contribution in [0.25, 0.3) is 10.8 Å². The van der Waals surface area contributed by atoms with Crippen LogP contribution in [-0.2, 0) is 4.74 Å². The lowest BCUT2D eigenvalue weighted by molar-refractivity contribution is -0.324. The van der Waals surface area contributed by atoms with Crippen LogP contribution in [0.1, 0.15) is 75.6 Å². The first kappa shape index (κ1) is 38.5. The van der Waals surface area contributed by atoms with Crippen molar-refractivity contribution in [3.05, 3.63) is 66.2 Å². The molecular formula is C34H42F6O6. The Morgan fingerprint density at radius 2 is 1.30 bits per heavy atom. The first-order valence-corrected chi connectivity index (χ1v) is 15.3. The molecule has 46 heavy (non-hydrogen) atoms. The van der Waals surface area contributed by atoms with Gasteiger partial charge in [0.1, 0.15) is 29.4 Å². The predicted molar refractivity (Wildman–Crippen MR) is 164 cm³/mol. The normalized spacial score (nSPS) is 12.0. The van der Waals surface area contributed by atoms with Gasteiger partial charge >= 0.3 is 23.7 Å². The van der Waals surface area contributed by atoms with Crippen molar-refractivity contribution >= 4 is 16.7 Å². The number of para-hydroxylation sites is 1. The summed E-state index contributed by atoms with van der Waals surface area (Å²) in [6.07, 6.45) is 9.99. The number of carbonyl (C=O) groups is 1. The Balaban J connectivity index is 0.000000332. The zero-order valence-corrected chi connectivity index (χ0v) is 26.1. The van der Waals surface area contributed by atoms with Crippen molar-refractivity contribution in [1.29, 1.82) is 0 Å². The maximum Gasteiger partial charge on any atom is 0.377 e. The van der Waals surface area contributed by atoms with Crippen LogP contribution >= 0.6 is 0 Å². The van der Waals surface area contributed by atoms with Crippen LogP contribution in [0.2, 0.25) is 0 Å². The Kier molecular flexibility index (Phi) is 15.5. The van der Waals surface area contributed by atoms with E-state index in [1.807, 2.05) is 0 Å². The van der Waals surface area contributed by atoms with Crippen molar-refractivity contribution < 1.29 is 55.6 Å². The number of ether oxygens (including phenoxy) is 3. The van der Waals surface area contributed by atoms with E-state index in [9.17, 15) is 36.2 Å². The molecule has 3 rings (SSSR count). The highest BCUT2D eigenvalue weighted by Crippen LogP contribution is 2.46. The van der Waals surface area contributed by atoms with Gasteiger partial charge in [0.25, 0.3) is 0 Å². The molecule has 0 aliphatic rings. The van der Waals surface area contributed by atoms with E-state index < -0.39 is 37.0 Å². The highest BCUT2D eigenvalue weighted by Gasteiger charge is 2.71. The van der Waals surface area contributed by atoms with E-state index in [1.165, 1.54) is 81.8 Å². The molecule has 0 atom stereocenters. The number of unbranched alkanes of at least 4 members (excludes halogenated alkanes) is 7. The van der Waals surface area contributed by atoms with E-state index in [0.29, 0.717) is 23.1 Å². The summed E-state index contributed by atoms with van der Waals surface area (Å²) < 4.78 is 95.9. The fourth-order valence-corrected chi connectivity index (χ4v) is 4.34. The molecule has 0 aliphatic heterocycles. The van der Waals surface area contributed by atoms with Crippen molar-refractivity contribution in [1.82, 2.24) is 0 Å². The summed E-state index contributed by atoms with van der Waals surface area (Å²) in [6, 6.07) is 14.9. The fourth-order valence-electron chi connectivity index (χ4n) is 4.34. The van der Waals surface area contributed by atoms with Gasteiger partial charge in [0.15, 0.2) is 6.61 Å². The number of phenols is 1. The van der Waals surface area contributed by atoms with Crippen molar-refractivity contribution in [2.24, 2.45) is 0 Å². The van der Waals surface area contributed by atoms with E-state index in [1.54, 1.807) is 24.3 Å². The number of carboxylic acid groups (broad SMARTS) is 1. The zero-order chi connectivity index (χ0) is 34.2. The standard InChI is InChI=1S/C17H16F6O3.C17H26O3/c1-2-25-9-15(18,19)17(22,23)16(20,21)10-26-14-6-4-11-7-13(24)5-3-12(11)8-14;1-2-3-4-5-6-7-8-11-14-20-16-13-10-9-12-15(16)17(18)19/h3-8,24H,2,9-10H2,1H3;9-10,12-13H,2-8,11,14H2,1H3,(H,18,19). The lowest BCUT2D eigenvalue weighted by Gasteiger charge is -2.32. The number of hydrogen-bond donors (Lipinski definition) is 2. The van der Waals surface area contributed by atoms with Crippen molar-refractivity contribution in [3.63, 3.8) is 0 Å². The number of aromatic carboxylic acids is 1. The quantitative estimate of drug-likeness (QED) is 0.0984. The summed E-state index contributed by atoms with van der Waals surface area (Å²) in [5.41, 5.74) is 0.243. The maximum atomic E-state index is 13.7.